The van der Waals surface area contributed by atoms with Crippen molar-refractivity contribution in [3.8, 4) is 0 Å². The Balaban J connectivity index is 2.46. The van der Waals surface area contributed by atoms with Gasteiger partial charge in [-0.05, 0) is 50.5 Å². The molecule has 18 heavy (non-hydrogen) atoms. The van der Waals surface area contributed by atoms with E-state index in [1.54, 1.807) is 0 Å². The van der Waals surface area contributed by atoms with Crippen molar-refractivity contribution in [2.24, 2.45) is 0 Å². The van der Waals surface area contributed by atoms with E-state index in [2.05, 4.69) is 13.0 Å². The van der Waals surface area contributed by atoms with E-state index in [1.165, 1.54) is 11.1 Å². The fourth-order valence-electron chi connectivity index (χ4n) is 2.07. The van der Waals surface area contributed by atoms with Gasteiger partial charge in [-0.1, -0.05) is 35.9 Å². The summed E-state index contributed by atoms with van der Waals surface area (Å²) >= 11 is 0. The van der Waals surface area contributed by atoms with Crippen LogP contribution in [0.15, 0.2) is 36.4 Å². The molecule has 0 aliphatic rings. The molecule has 0 radical (unpaired) electrons. The van der Waals surface area contributed by atoms with Gasteiger partial charge >= 0.3 is 0 Å². The lowest BCUT2D eigenvalue weighted by molar-refractivity contribution is 0.103. The van der Waals surface area contributed by atoms with Crippen molar-refractivity contribution in [2.45, 2.75) is 27.7 Å². The third-order valence-electron chi connectivity index (χ3n) is 3.40. The molecule has 0 bridgehead atoms. The first kappa shape index (κ1) is 12.6. The zero-order valence-electron chi connectivity index (χ0n) is 11.4. The van der Waals surface area contributed by atoms with Gasteiger partial charge < -0.3 is 0 Å². The largest absolute Gasteiger partial charge is 0.289 e. The second kappa shape index (κ2) is 4.77. The molecule has 92 valence electrons. The number of rotatable bonds is 2. The molecule has 0 aromatic heterocycles. The van der Waals surface area contributed by atoms with Crippen LogP contribution >= 0.6 is 0 Å². The second-order valence-corrected chi connectivity index (χ2v) is 4.95. The van der Waals surface area contributed by atoms with E-state index in [0.29, 0.717) is 0 Å². The molecule has 0 N–H and O–H groups in total. The van der Waals surface area contributed by atoms with Gasteiger partial charge in [-0.25, -0.2) is 0 Å². The molecule has 0 aliphatic carbocycles. The average molecular weight is 238 g/mol. The Hall–Kier alpha value is -1.89. The van der Waals surface area contributed by atoms with Crippen LogP contribution < -0.4 is 0 Å². The minimum Gasteiger partial charge on any atom is -0.289 e. The molecule has 2 aromatic rings. The summed E-state index contributed by atoms with van der Waals surface area (Å²) in [6.45, 7) is 8.13. The zero-order chi connectivity index (χ0) is 13.3. The first-order valence-electron chi connectivity index (χ1n) is 6.18. The van der Waals surface area contributed by atoms with E-state index in [9.17, 15) is 4.79 Å². The molecule has 0 unspecified atom stereocenters. The quantitative estimate of drug-likeness (QED) is 0.718. The molecular weight excluding hydrogens is 220 g/mol. The highest BCUT2D eigenvalue weighted by Crippen LogP contribution is 2.19. The van der Waals surface area contributed by atoms with Gasteiger partial charge in [-0.3, -0.25) is 4.79 Å². The number of hydrogen-bond donors (Lipinski definition) is 0. The van der Waals surface area contributed by atoms with Gasteiger partial charge in [0.25, 0.3) is 0 Å². The van der Waals surface area contributed by atoms with E-state index in [-0.39, 0.29) is 5.78 Å². The fourth-order valence-corrected chi connectivity index (χ4v) is 2.07. The summed E-state index contributed by atoms with van der Waals surface area (Å²) in [6.07, 6.45) is 0. The molecule has 0 spiro atoms. The van der Waals surface area contributed by atoms with Crippen molar-refractivity contribution in [3.05, 3.63) is 69.8 Å². The summed E-state index contributed by atoms with van der Waals surface area (Å²) in [7, 11) is 0. The van der Waals surface area contributed by atoms with Crippen molar-refractivity contribution >= 4 is 5.78 Å². The summed E-state index contributed by atoms with van der Waals surface area (Å²) in [6, 6.07) is 11.8. The van der Waals surface area contributed by atoms with E-state index < -0.39 is 0 Å². The van der Waals surface area contributed by atoms with Crippen LogP contribution in [0.4, 0.5) is 0 Å². The summed E-state index contributed by atoms with van der Waals surface area (Å²) < 4.78 is 0. The Bertz CT molecular complexity index is 592. The number of benzene rings is 2. The monoisotopic (exact) mass is 238 g/mol. The van der Waals surface area contributed by atoms with Crippen LogP contribution in [-0.2, 0) is 0 Å². The fraction of sp³-hybridized carbons (Fsp3) is 0.235. The molecular formula is C17H18O. The highest BCUT2D eigenvalue weighted by molar-refractivity contribution is 6.10. The third kappa shape index (κ3) is 2.35. The summed E-state index contributed by atoms with van der Waals surface area (Å²) in [5.41, 5.74) is 6.17. The van der Waals surface area contributed by atoms with Gasteiger partial charge in [0.15, 0.2) is 5.78 Å². The maximum Gasteiger partial charge on any atom is 0.193 e. The normalized spacial score (nSPS) is 10.4. The Morgan fingerprint density at radius 2 is 1.33 bits per heavy atom. The van der Waals surface area contributed by atoms with Gasteiger partial charge in [0.05, 0.1) is 0 Å². The molecule has 2 rings (SSSR count). The maximum absolute atomic E-state index is 12.4. The van der Waals surface area contributed by atoms with Crippen LogP contribution in [-0.4, -0.2) is 5.78 Å². The molecule has 0 atom stereocenters. The van der Waals surface area contributed by atoms with Crippen molar-refractivity contribution < 1.29 is 4.79 Å². The molecule has 1 nitrogen and oxygen atoms in total. The zero-order valence-corrected chi connectivity index (χ0v) is 11.4. The minimum atomic E-state index is 0.107. The summed E-state index contributed by atoms with van der Waals surface area (Å²) in [4.78, 5) is 12.4. The van der Waals surface area contributed by atoms with Crippen molar-refractivity contribution in [2.75, 3.05) is 0 Å². The maximum atomic E-state index is 12.4. The molecule has 0 saturated heterocycles. The molecule has 0 amide bonds. The van der Waals surface area contributed by atoms with Crippen LogP contribution in [0.25, 0.3) is 0 Å². The lowest BCUT2D eigenvalue weighted by Gasteiger charge is -2.09. The third-order valence-corrected chi connectivity index (χ3v) is 3.40. The van der Waals surface area contributed by atoms with Crippen molar-refractivity contribution in [1.29, 1.82) is 0 Å². The highest BCUT2D eigenvalue weighted by Gasteiger charge is 2.12. The lowest BCUT2D eigenvalue weighted by Crippen LogP contribution is -2.05. The Morgan fingerprint density at radius 3 is 1.94 bits per heavy atom. The molecule has 0 aliphatic heterocycles. The van der Waals surface area contributed by atoms with Crippen molar-refractivity contribution in [1.82, 2.24) is 0 Å². The number of ketones is 1. The summed E-state index contributed by atoms with van der Waals surface area (Å²) in [5, 5.41) is 0. The molecule has 0 heterocycles. The minimum absolute atomic E-state index is 0.107. The SMILES string of the molecule is Cc1ccc(C(=O)c2cc(C)c(C)cc2C)cc1. The molecule has 2 aromatic carbocycles. The van der Waals surface area contributed by atoms with Crippen molar-refractivity contribution in [3.63, 3.8) is 0 Å². The predicted octanol–water partition coefficient (Wildman–Crippen LogP) is 4.15. The van der Waals surface area contributed by atoms with Gasteiger partial charge in [-0.15, -0.1) is 0 Å². The standard InChI is InChI=1S/C17H18O/c1-11-5-7-15(8-6-11)17(18)16-10-13(3)12(2)9-14(16)4/h5-10H,1-4H3. The van der Waals surface area contributed by atoms with E-state index in [1.807, 2.05) is 51.1 Å². The first-order chi connectivity index (χ1) is 8.49. The van der Waals surface area contributed by atoms with E-state index in [0.717, 1.165) is 22.3 Å². The number of aryl methyl sites for hydroxylation is 4. The smallest absolute Gasteiger partial charge is 0.193 e. The Labute approximate surface area is 108 Å². The number of carbonyl (C=O) groups is 1. The Kier molecular flexibility index (Phi) is 3.33. The van der Waals surface area contributed by atoms with E-state index in [4.69, 9.17) is 0 Å². The number of hydrogen-bond acceptors (Lipinski definition) is 1. The average Bonchev–Trinajstić information content (AvgIpc) is 2.34. The first-order valence-corrected chi connectivity index (χ1v) is 6.18. The van der Waals surface area contributed by atoms with Gasteiger partial charge in [0, 0.05) is 11.1 Å². The molecule has 0 saturated carbocycles. The van der Waals surface area contributed by atoms with Crippen LogP contribution in [0, 0.1) is 27.7 Å². The van der Waals surface area contributed by atoms with Crippen LogP contribution in [0.5, 0.6) is 0 Å². The summed E-state index contributed by atoms with van der Waals surface area (Å²) in [5.74, 6) is 0.107. The lowest BCUT2D eigenvalue weighted by atomic mass is 9.94. The van der Waals surface area contributed by atoms with Gasteiger partial charge in [0.2, 0.25) is 0 Å². The van der Waals surface area contributed by atoms with Gasteiger partial charge in [-0.2, -0.15) is 0 Å². The number of carbonyl (C=O) groups excluding carboxylic acids is 1. The molecule has 1 heteroatoms. The second-order valence-electron chi connectivity index (χ2n) is 4.95. The topological polar surface area (TPSA) is 17.1 Å². The van der Waals surface area contributed by atoms with Crippen LogP contribution in [0.3, 0.4) is 0 Å². The van der Waals surface area contributed by atoms with Gasteiger partial charge in [0.1, 0.15) is 0 Å². The Morgan fingerprint density at radius 1 is 0.778 bits per heavy atom. The van der Waals surface area contributed by atoms with Crippen LogP contribution in [0.1, 0.15) is 38.2 Å². The molecule has 0 fully saturated rings. The van der Waals surface area contributed by atoms with E-state index >= 15 is 0 Å². The predicted molar refractivity (Wildman–Crippen MR) is 75.3 cm³/mol. The highest BCUT2D eigenvalue weighted by atomic mass is 16.1. The van der Waals surface area contributed by atoms with Crippen LogP contribution in [0.2, 0.25) is 0 Å².